The maximum Gasteiger partial charge on any atom is 0.416 e. The standard InChI is InChI=1S/C34H14F6N6/c1-42-46-30-26-15-20(18-4-10-22(11-5-18)34(38,39)40)7-13-24(26)29-32(30)45-28-23-12-6-19(14-25(23)27(43-16-41)31(28)44-29)17-2-8-21(9-3-17)33(35,36)37/h2-15H/b43-27?,46-30-. The molecular weight excluding hydrogens is 606 g/mol. The van der Waals surface area contributed by atoms with Crippen LogP contribution in [0.1, 0.15) is 11.1 Å². The Morgan fingerprint density at radius 2 is 0.978 bits per heavy atom. The molecule has 0 saturated heterocycles. The molecule has 0 fully saturated rings. The molecule has 0 aliphatic rings. The maximum absolute atomic E-state index is 13.1. The predicted octanol–water partition coefficient (Wildman–Crippen LogP) is 8.45. The molecule has 0 unspecified atom stereocenters. The molecule has 0 spiro atoms. The van der Waals surface area contributed by atoms with Crippen LogP contribution in [-0.2, 0) is 12.4 Å². The van der Waals surface area contributed by atoms with Gasteiger partial charge in [-0.25, -0.2) is 9.97 Å². The molecule has 0 N–H and O–H groups in total. The molecule has 0 radical (unpaired) electrons. The molecule has 0 aliphatic heterocycles. The van der Waals surface area contributed by atoms with E-state index in [1.54, 1.807) is 42.6 Å². The Morgan fingerprint density at radius 3 is 1.39 bits per heavy atom. The number of fused-ring (bicyclic) bond motifs is 6. The first-order valence-electron chi connectivity index (χ1n) is 13.5. The van der Waals surface area contributed by atoms with Gasteiger partial charge in [-0.1, -0.05) is 48.5 Å². The highest BCUT2D eigenvalue weighted by Crippen LogP contribution is 2.35. The van der Waals surface area contributed by atoms with Gasteiger partial charge in [0, 0.05) is 21.5 Å². The second kappa shape index (κ2) is 10.2. The van der Waals surface area contributed by atoms with Gasteiger partial charge in [-0.15, -0.1) is 4.95 Å². The number of hydrogen-bond donors (Lipinski definition) is 0. The van der Waals surface area contributed by atoms with E-state index in [0.717, 1.165) is 24.3 Å². The van der Waals surface area contributed by atoms with Crippen LogP contribution in [-0.4, -0.2) is 9.97 Å². The van der Waals surface area contributed by atoms with Gasteiger partial charge >= 0.3 is 12.4 Å². The normalized spacial score (nSPS) is 13.2. The van der Waals surface area contributed by atoms with Crippen LogP contribution in [0.4, 0.5) is 26.3 Å². The molecule has 0 aliphatic carbocycles. The van der Waals surface area contributed by atoms with Gasteiger partial charge in [-0.05, 0) is 58.7 Å². The summed E-state index contributed by atoms with van der Waals surface area (Å²) in [7, 11) is 0. The summed E-state index contributed by atoms with van der Waals surface area (Å²) in [5.74, 6) is 0. The van der Waals surface area contributed by atoms with E-state index < -0.39 is 23.5 Å². The molecule has 7 rings (SSSR count). The number of nitriles is 1. The highest BCUT2D eigenvalue weighted by molar-refractivity contribution is 6.15. The van der Waals surface area contributed by atoms with Gasteiger partial charge in [0.2, 0.25) is 6.19 Å². The average Bonchev–Trinajstić information content (AvgIpc) is 3.50. The van der Waals surface area contributed by atoms with Gasteiger partial charge in [0.1, 0.15) is 16.4 Å². The van der Waals surface area contributed by atoms with Crippen LogP contribution < -0.4 is 10.7 Å². The molecule has 0 bridgehead atoms. The molecule has 0 saturated carbocycles. The van der Waals surface area contributed by atoms with Gasteiger partial charge < -0.3 is 0 Å². The lowest BCUT2D eigenvalue weighted by Gasteiger charge is -2.08. The summed E-state index contributed by atoms with van der Waals surface area (Å²) in [6.07, 6.45) is -7.15. The summed E-state index contributed by atoms with van der Waals surface area (Å²) in [6, 6.07) is 19.7. The smallest absolute Gasteiger partial charge is 0.241 e. The fourth-order valence-electron chi connectivity index (χ4n) is 5.67. The van der Waals surface area contributed by atoms with Crippen molar-refractivity contribution in [1.29, 1.82) is 5.26 Å². The molecule has 6 aromatic carbocycles. The number of benzene rings is 4. The molecule has 12 heteroatoms. The van der Waals surface area contributed by atoms with E-state index >= 15 is 0 Å². The van der Waals surface area contributed by atoms with Crippen molar-refractivity contribution in [3.63, 3.8) is 0 Å². The van der Waals surface area contributed by atoms with Crippen LogP contribution in [0.2, 0.25) is 0 Å². The summed E-state index contributed by atoms with van der Waals surface area (Å²) in [5.41, 5.74) is 2.08. The Bertz CT molecular complexity index is 2380. The monoisotopic (exact) mass is 620 g/mol. The number of hydrogen-bond acceptors (Lipinski definition) is 5. The van der Waals surface area contributed by atoms with E-state index in [0.29, 0.717) is 65.9 Å². The minimum atomic E-state index is -4.47. The number of alkyl halides is 6. The molecule has 0 amide bonds. The maximum atomic E-state index is 13.1. The van der Waals surface area contributed by atoms with E-state index in [4.69, 9.17) is 16.5 Å². The highest BCUT2D eigenvalue weighted by Gasteiger charge is 2.31. The quantitative estimate of drug-likeness (QED) is 0.0842. The largest absolute Gasteiger partial charge is 0.416 e. The van der Waals surface area contributed by atoms with Crippen molar-refractivity contribution in [2.24, 2.45) is 10.1 Å². The van der Waals surface area contributed by atoms with E-state index in [9.17, 15) is 31.6 Å². The van der Waals surface area contributed by atoms with E-state index in [1.165, 1.54) is 24.3 Å². The van der Waals surface area contributed by atoms with Crippen LogP contribution in [0.3, 0.4) is 0 Å². The van der Waals surface area contributed by atoms with Gasteiger partial charge in [-0.2, -0.15) is 43.2 Å². The second-order valence-corrected chi connectivity index (χ2v) is 10.4. The Balaban J connectivity index is 1.44. The van der Waals surface area contributed by atoms with Crippen molar-refractivity contribution in [1.82, 2.24) is 9.97 Å². The molecule has 6 nitrogen and oxygen atoms in total. The van der Waals surface area contributed by atoms with E-state index in [-0.39, 0.29) is 10.7 Å². The third-order valence-corrected chi connectivity index (χ3v) is 7.81. The minimum Gasteiger partial charge on any atom is -0.241 e. The molecule has 1 heterocycles. The molecule has 46 heavy (non-hydrogen) atoms. The van der Waals surface area contributed by atoms with Crippen molar-refractivity contribution < 1.29 is 26.3 Å². The minimum absolute atomic E-state index is 0.232. The summed E-state index contributed by atoms with van der Waals surface area (Å²) in [4.78, 5) is 16.9. The van der Waals surface area contributed by atoms with Gasteiger partial charge in [0.05, 0.1) is 27.3 Å². The fraction of sp³-hybridized carbons (Fsp3) is 0.0588. The Morgan fingerprint density at radius 1 is 0.565 bits per heavy atom. The second-order valence-electron chi connectivity index (χ2n) is 10.4. The third-order valence-electron chi connectivity index (χ3n) is 7.81. The van der Waals surface area contributed by atoms with E-state index in [1.807, 2.05) is 0 Å². The van der Waals surface area contributed by atoms with Crippen molar-refractivity contribution in [2.45, 2.75) is 12.4 Å². The number of aromatic nitrogens is 2. The van der Waals surface area contributed by atoms with Crippen LogP contribution in [0, 0.1) is 18.0 Å². The van der Waals surface area contributed by atoms with Crippen LogP contribution in [0.15, 0.2) is 95.0 Å². The van der Waals surface area contributed by atoms with Gasteiger partial charge in [0.25, 0.3) is 0 Å². The van der Waals surface area contributed by atoms with Crippen LogP contribution in [0.5, 0.6) is 0 Å². The van der Waals surface area contributed by atoms with Gasteiger partial charge in [0.15, 0.2) is 5.36 Å². The zero-order chi connectivity index (χ0) is 32.4. The summed E-state index contributed by atoms with van der Waals surface area (Å²) >= 11 is 0. The molecular formula is C34H14F6N6. The van der Waals surface area contributed by atoms with Gasteiger partial charge in [-0.3, -0.25) is 0 Å². The zero-order valence-corrected chi connectivity index (χ0v) is 23.0. The van der Waals surface area contributed by atoms with E-state index in [2.05, 4.69) is 15.0 Å². The lowest BCUT2D eigenvalue weighted by molar-refractivity contribution is -0.138. The predicted molar refractivity (Wildman–Crippen MR) is 159 cm³/mol. The lowest BCUT2D eigenvalue weighted by Crippen LogP contribution is -2.04. The first-order chi connectivity index (χ1) is 22.0. The Kier molecular flexibility index (Phi) is 6.35. The SMILES string of the molecule is [C-]#[N+]/N=c1/c2cc(-c3ccc(C(F)(F)F)cc3)ccc2c2nc3c(=NC#N)c4cc(-c5ccc(C(F)(F)F)cc5)ccc4c3nc12. The third kappa shape index (κ3) is 4.59. The first kappa shape index (κ1) is 28.6. The molecule has 0 atom stereocenters. The van der Waals surface area contributed by atoms with Crippen molar-refractivity contribution >= 4 is 43.6 Å². The number of nitrogens with zero attached hydrogens (tertiary/aromatic N) is 6. The first-order valence-corrected chi connectivity index (χ1v) is 13.5. The Hall–Kier alpha value is -6.14. The van der Waals surface area contributed by atoms with Crippen molar-refractivity contribution in [3.8, 4) is 28.4 Å². The average molecular weight is 621 g/mol. The summed E-state index contributed by atoms with van der Waals surface area (Å²) in [5, 5.41) is 16.2. The van der Waals surface area contributed by atoms with Crippen molar-refractivity contribution in [3.05, 3.63) is 118 Å². The fourth-order valence-corrected chi connectivity index (χ4v) is 5.67. The molecule has 1 aromatic heterocycles. The summed E-state index contributed by atoms with van der Waals surface area (Å²) in [6.45, 7) is 7.43. The topological polar surface area (TPSA) is 78.6 Å². The molecule has 7 aromatic rings. The Labute approximate surface area is 254 Å². The zero-order valence-electron chi connectivity index (χ0n) is 23.0. The molecule has 222 valence electrons. The van der Waals surface area contributed by atoms with Crippen LogP contribution >= 0.6 is 0 Å². The number of rotatable bonds is 2. The highest BCUT2D eigenvalue weighted by atomic mass is 19.4. The van der Waals surface area contributed by atoms with Crippen molar-refractivity contribution in [2.75, 3.05) is 0 Å². The lowest BCUT2D eigenvalue weighted by atomic mass is 10.0. The van der Waals surface area contributed by atoms with Crippen LogP contribution in [0.25, 0.3) is 70.8 Å². The number of halogens is 6. The summed E-state index contributed by atoms with van der Waals surface area (Å²) < 4.78 is 78.5.